The number of hydrogen-bond acceptors (Lipinski definition) is 6. The van der Waals surface area contributed by atoms with Crippen molar-refractivity contribution >= 4 is 43.4 Å². The molecule has 0 bridgehead atoms. The smallest absolute Gasteiger partial charge is 0.294 e. The van der Waals surface area contributed by atoms with E-state index in [9.17, 15) is 35.5 Å². The van der Waals surface area contributed by atoms with E-state index >= 15 is 0 Å². The highest BCUT2D eigenvalue weighted by atomic mass is 32.2. The summed E-state index contributed by atoms with van der Waals surface area (Å²) >= 11 is 0. The topological polar surface area (TPSA) is 158 Å². The molecular formula is C25H18N2O8S2. The van der Waals surface area contributed by atoms with Crippen LogP contribution in [0.4, 0.5) is 0 Å². The second-order valence-electron chi connectivity index (χ2n) is 8.31. The van der Waals surface area contributed by atoms with E-state index in [1.165, 1.54) is 4.90 Å². The van der Waals surface area contributed by atoms with Gasteiger partial charge in [0.25, 0.3) is 32.1 Å². The molecule has 0 unspecified atom stereocenters. The summed E-state index contributed by atoms with van der Waals surface area (Å²) in [7, 11) is -9.71. The van der Waals surface area contributed by atoms with Gasteiger partial charge in [0.05, 0.1) is 38.9 Å². The van der Waals surface area contributed by atoms with Crippen molar-refractivity contribution in [3.8, 4) is 0 Å². The molecular weight excluding hydrogens is 520 g/mol. The minimum absolute atomic E-state index is 0.0210. The van der Waals surface area contributed by atoms with Crippen LogP contribution in [0, 0.1) is 0 Å². The Morgan fingerprint density at radius 1 is 0.703 bits per heavy atom. The molecule has 0 spiro atoms. The van der Waals surface area contributed by atoms with Gasteiger partial charge < -0.3 is 10.2 Å². The summed E-state index contributed by atoms with van der Waals surface area (Å²) in [6, 6.07) is 19.9. The van der Waals surface area contributed by atoms with E-state index in [-0.39, 0.29) is 29.0 Å². The number of benzene rings is 3. The van der Waals surface area contributed by atoms with Crippen molar-refractivity contribution in [1.82, 2.24) is 10.2 Å². The van der Waals surface area contributed by atoms with Gasteiger partial charge in [-0.05, 0) is 34.9 Å². The average molecular weight is 539 g/mol. The summed E-state index contributed by atoms with van der Waals surface area (Å²) in [5.74, 6) is -1.08. The zero-order valence-electron chi connectivity index (χ0n) is 18.8. The monoisotopic (exact) mass is 538 g/mol. The summed E-state index contributed by atoms with van der Waals surface area (Å²) in [5, 5.41) is 2.76. The van der Waals surface area contributed by atoms with Gasteiger partial charge in [-0.3, -0.25) is 18.7 Å². The quantitative estimate of drug-likeness (QED) is 0.404. The molecule has 37 heavy (non-hydrogen) atoms. The lowest BCUT2D eigenvalue weighted by Gasteiger charge is -2.22. The van der Waals surface area contributed by atoms with Crippen LogP contribution in [0.1, 0.15) is 16.7 Å². The Morgan fingerprint density at radius 2 is 1.22 bits per heavy atom. The Bertz CT molecular complexity index is 1690. The minimum atomic E-state index is -4.85. The van der Waals surface area contributed by atoms with E-state index in [1.807, 2.05) is 0 Å². The van der Waals surface area contributed by atoms with Gasteiger partial charge in [0.2, 0.25) is 0 Å². The number of hydrogen-bond donors (Lipinski definition) is 3. The maximum Gasteiger partial charge on any atom is 0.294 e. The Kier molecular flexibility index (Phi) is 5.83. The molecule has 2 aliphatic rings. The molecule has 0 atom stereocenters. The molecule has 3 aromatic rings. The molecule has 0 saturated heterocycles. The van der Waals surface area contributed by atoms with E-state index in [2.05, 4.69) is 5.32 Å². The SMILES string of the molecule is O=C1NC(c2ccccc2)=C2C(=O)N(Cc3cc(S(=O)(=O)O)cc(S(=O)(=O)O)c3)C(c3ccccc3)=C12. The van der Waals surface area contributed by atoms with E-state index in [0.29, 0.717) is 22.9 Å². The maximum atomic E-state index is 13.8. The second kappa shape index (κ2) is 8.78. The lowest BCUT2D eigenvalue weighted by Crippen LogP contribution is -2.27. The van der Waals surface area contributed by atoms with Crippen molar-refractivity contribution in [1.29, 1.82) is 0 Å². The first-order valence-electron chi connectivity index (χ1n) is 10.8. The molecule has 0 aliphatic carbocycles. The molecule has 2 heterocycles. The van der Waals surface area contributed by atoms with Gasteiger partial charge in [0, 0.05) is 0 Å². The van der Waals surface area contributed by atoms with Gasteiger partial charge in [-0.25, -0.2) is 0 Å². The Hall–Kier alpha value is -4.10. The highest BCUT2D eigenvalue weighted by Gasteiger charge is 2.45. The maximum absolute atomic E-state index is 13.8. The van der Waals surface area contributed by atoms with Crippen LogP contribution in [0.3, 0.4) is 0 Å². The number of amides is 2. The molecule has 2 aliphatic heterocycles. The van der Waals surface area contributed by atoms with Gasteiger partial charge in [0.15, 0.2) is 0 Å². The van der Waals surface area contributed by atoms with Gasteiger partial charge in [-0.1, -0.05) is 60.7 Å². The zero-order chi connectivity index (χ0) is 26.5. The predicted octanol–water partition coefficient (Wildman–Crippen LogP) is 2.47. The van der Waals surface area contributed by atoms with Gasteiger partial charge >= 0.3 is 0 Å². The summed E-state index contributed by atoms with van der Waals surface area (Å²) in [5.41, 5.74) is 1.90. The molecule has 0 fully saturated rings. The van der Waals surface area contributed by atoms with Crippen LogP contribution in [0.5, 0.6) is 0 Å². The van der Waals surface area contributed by atoms with E-state index < -0.39 is 41.8 Å². The zero-order valence-corrected chi connectivity index (χ0v) is 20.5. The van der Waals surface area contributed by atoms with Gasteiger partial charge in [-0.2, -0.15) is 16.8 Å². The van der Waals surface area contributed by atoms with Crippen molar-refractivity contribution in [3.05, 3.63) is 107 Å². The molecule has 0 aromatic heterocycles. The van der Waals surface area contributed by atoms with Crippen molar-refractivity contribution in [2.24, 2.45) is 0 Å². The second-order valence-corrected chi connectivity index (χ2v) is 11.2. The van der Waals surface area contributed by atoms with Crippen LogP contribution in [0.15, 0.2) is 99.8 Å². The average Bonchev–Trinajstić information content (AvgIpc) is 3.34. The third-order valence-corrected chi connectivity index (χ3v) is 7.58. The van der Waals surface area contributed by atoms with E-state index in [4.69, 9.17) is 0 Å². The predicted molar refractivity (Wildman–Crippen MR) is 131 cm³/mol. The summed E-state index contributed by atoms with van der Waals surface area (Å²) in [4.78, 5) is 26.6. The molecule has 188 valence electrons. The fourth-order valence-electron chi connectivity index (χ4n) is 4.36. The number of carbonyl (C=O) groups is 2. The van der Waals surface area contributed by atoms with Crippen LogP contribution in [0.2, 0.25) is 0 Å². The first kappa shape index (κ1) is 24.6. The Labute approximate surface area is 212 Å². The molecule has 10 nitrogen and oxygen atoms in total. The van der Waals surface area contributed by atoms with Crippen LogP contribution in [0.25, 0.3) is 11.4 Å². The van der Waals surface area contributed by atoms with Crippen molar-refractivity contribution in [3.63, 3.8) is 0 Å². The van der Waals surface area contributed by atoms with Crippen molar-refractivity contribution in [2.45, 2.75) is 16.3 Å². The first-order valence-corrected chi connectivity index (χ1v) is 13.6. The molecule has 2 amide bonds. The fourth-order valence-corrected chi connectivity index (χ4v) is 5.59. The fraction of sp³-hybridized carbons (Fsp3) is 0.0400. The molecule has 12 heteroatoms. The minimum Gasteiger partial charge on any atom is -0.321 e. The number of fused-ring (bicyclic) bond motifs is 1. The number of nitrogens with zero attached hydrogens (tertiary/aromatic N) is 1. The number of nitrogens with one attached hydrogen (secondary N) is 1. The van der Waals surface area contributed by atoms with Crippen LogP contribution < -0.4 is 5.32 Å². The summed E-state index contributed by atoms with van der Waals surface area (Å²) in [6.07, 6.45) is 0. The standard InChI is InChI=1S/C25H18N2O8S2/c28-24-21-20(22(26-24)16-7-3-1-4-8-16)25(29)27(23(21)17-9-5-2-6-10-17)14-15-11-18(36(30,31)32)13-19(12-15)37(33,34)35/h1-13H,14H2,(H,26,28)(H,30,31,32)(H,33,34,35). The van der Waals surface area contributed by atoms with E-state index in [0.717, 1.165) is 12.1 Å². The van der Waals surface area contributed by atoms with Gasteiger partial charge in [-0.15, -0.1) is 0 Å². The Balaban J connectivity index is 1.71. The lowest BCUT2D eigenvalue weighted by molar-refractivity contribution is -0.123. The van der Waals surface area contributed by atoms with Crippen molar-refractivity contribution in [2.75, 3.05) is 0 Å². The van der Waals surface area contributed by atoms with Crippen LogP contribution >= 0.6 is 0 Å². The highest BCUT2D eigenvalue weighted by molar-refractivity contribution is 7.86. The lowest BCUT2D eigenvalue weighted by atomic mass is 10.0. The van der Waals surface area contributed by atoms with Gasteiger partial charge in [0.1, 0.15) is 0 Å². The molecule has 0 radical (unpaired) electrons. The first-order chi connectivity index (χ1) is 17.4. The molecule has 0 saturated carbocycles. The molecule has 3 N–H and O–H groups in total. The number of carbonyl (C=O) groups excluding carboxylic acids is 2. The normalized spacial score (nSPS) is 15.9. The third kappa shape index (κ3) is 4.47. The highest BCUT2D eigenvalue weighted by Crippen LogP contribution is 2.43. The number of rotatable bonds is 6. The summed E-state index contributed by atoms with van der Waals surface area (Å²) in [6.45, 7) is -0.364. The van der Waals surface area contributed by atoms with Crippen LogP contribution in [-0.4, -0.2) is 42.7 Å². The third-order valence-electron chi connectivity index (χ3n) is 5.92. The molecule has 5 rings (SSSR count). The summed E-state index contributed by atoms with van der Waals surface area (Å²) < 4.78 is 66.2. The Morgan fingerprint density at radius 3 is 1.73 bits per heavy atom. The van der Waals surface area contributed by atoms with Crippen LogP contribution in [-0.2, 0) is 36.4 Å². The van der Waals surface area contributed by atoms with Crippen molar-refractivity contribution < 1.29 is 35.5 Å². The van der Waals surface area contributed by atoms with E-state index in [1.54, 1.807) is 60.7 Å². The largest absolute Gasteiger partial charge is 0.321 e. The molecule has 3 aromatic carbocycles.